The summed E-state index contributed by atoms with van der Waals surface area (Å²) in [6, 6.07) is 6.72. The van der Waals surface area contributed by atoms with Crippen LogP contribution in [0.25, 0.3) is 0 Å². The number of likely N-dealkylation sites (tertiary alicyclic amines) is 1. The number of rotatable bonds is 6. The number of amides is 1. The van der Waals surface area contributed by atoms with Crippen molar-refractivity contribution in [3.63, 3.8) is 0 Å². The van der Waals surface area contributed by atoms with Gasteiger partial charge in [-0.3, -0.25) is 4.79 Å². The van der Waals surface area contributed by atoms with E-state index in [4.69, 9.17) is 0 Å². The van der Waals surface area contributed by atoms with E-state index >= 15 is 0 Å². The molecular formula is C18H23N5O3S. The molecule has 1 atom stereocenters. The standard InChI is InChI=1S/C18H23N5O3S/c1-13-3-2-4-16(9-13)27(25,26)19-10-18(24)22-8-7-15(11-22)23-12-17(20-21-23)14-5-6-14/h2-4,9,12,14-15,19H,5-8,10-11H2,1H3. The largest absolute Gasteiger partial charge is 0.339 e. The van der Waals surface area contributed by atoms with Gasteiger partial charge in [0.1, 0.15) is 0 Å². The van der Waals surface area contributed by atoms with E-state index < -0.39 is 10.0 Å². The molecule has 2 fully saturated rings. The smallest absolute Gasteiger partial charge is 0.241 e. The molecule has 2 aliphatic rings. The minimum Gasteiger partial charge on any atom is -0.339 e. The van der Waals surface area contributed by atoms with Gasteiger partial charge in [0.05, 0.1) is 23.2 Å². The Morgan fingerprint density at radius 1 is 1.30 bits per heavy atom. The zero-order chi connectivity index (χ0) is 19.0. The predicted molar refractivity (Wildman–Crippen MR) is 98.6 cm³/mol. The molecule has 9 heteroatoms. The summed E-state index contributed by atoms with van der Waals surface area (Å²) < 4.78 is 29.0. The maximum atomic E-state index is 12.4. The summed E-state index contributed by atoms with van der Waals surface area (Å²) in [4.78, 5) is 14.3. The van der Waals surface area contributed by atoms with Gasteiger partial charge in [0, 0.05) is 25.2 Å². The van der Waals surface area contributed by atoms with Crippen LogP contribution in [0.2, 0.25) is 0 Å². The second-order valence-electron chi connectivity index (χ2n) is 7.32. The van der Waals surface area contributed by atoms with Crippen LogP contribution in [-0.4, -0.2) is 53.9 Å². The van der Waals surface area contributed by atoms with Crippen molar-refractivity contribution in [2.24, 2.45) is 0 Å². The van der Waals surface area contributed by atoms with Gasteiger partial charge in [0.25, 0.3) is 0 Å². The molecule has 1 N–H and O–H groups in total. The molecule has 0 radical (unpaired) electrons. The lowest BCUT2D eigenvalue weighted by Crippen LogP contribution is -2.39. The molecule has 2 heterocycles. The Balaban J connectivity index is 1.33. The number of aryl methyl sites for hydroxylation is 1. The van der Waals surface area contributed by atoms with E-state index in [1.165, 1.54) is 18.9 Å². The number of benzene rings is 1. The lowest BCUT2D eigenvalue weighted by atomic mass is 10.2. The number of carbonyl (C=O) groups excluding carboxylic acids is 1. The van der Waals surface area contributed by atoms with Crippen molar-refractivity contribution in [2.45, 2.75) is 43.0 Å². The van der Waals surface area contributed by atoms with Crippen molar-refractivity contribution in [2.75, 3.05) is 19.6 Å². The highest BCUT2D eigenvalue weighted by Gasteiger charge is 2.31. The van der Waals surface area contributed by atoms with Crippen LogP contribution >= 0.6 is 0 Å². The molecule has 1 aliphatic carbocycles. The molecule has 0 bridgehead atoms. The fourth-order valence-electron chi connectivity index (χ4n) is 3.35. The number of hydrogen-bond acceptors (Lipinski definition) is 5. The van der Waals surface area contributed by atoms with Crippen LogP contribution in [0.1, 0.15) is 42.5 Å². The van der Waals surface area contributed by atoms with Crippen LogP contribution in [0.4, 0.5) is 0 Å². The predicted octanol–water partition coefficient (Wildman–Crippen LogP) is 1.22. The van der Waals surface area contributed by atoms with Crippen molar-refractivity contribution >= 4 is 15.9 Å². The van der Waals surface area contributed by atoms with Crippen molar-refractivity contribution < 1.29 is 13.2 Å². The highest BCUT2D eigenvalue weighted by molar-refractivity contribution is 7.89. The first-order valence-electron chi connectivity index (χ1n) is 9.18. The summed E-state index contributed by atoms with van der Waals surface area (Å²) in [5.74, 6) is 0.324. The number of nitrogens with zero attached hydrogens (tertiary/aromatic N) is 4. The third-order valence-electron chi connectivity index (χ3n) is 5.13. The number of nitrogens with one attached hydrogen (secondary N) is 1. The SMILES string of the molecule is Cc1cccc(S(=O)(=O)NCC(=O)N2CCC(n3cc(C4CC4)nn3)C2)c1. The first kappa shape index (κ1) is 18.1. The molecule has 1 aromatic carbocycles. The van der Waals surface area contributed by atoms with Crippen LogP contribution in [0.3, 0.4) is 0 Å². The van der Waals surface area contributed by atoms with E-state index in [2.05, 4.69) is 15.0 Å². The summed E-state index contributed by atoms with van der Waals surface area (Å²) >= 11 is 0. The average Bonchev–Trinajstić information content (AvgIpc) is 3.18. The van der Waals surface area contributed by atoms with E-state index in [-0.39, 0.29) is 23.4 Å². The van der Waals surface area contributed by atoms with E-state index in [0.29, 0.717) is 19.0 Å². The molecule has 1 saturated carbocycles. The van der Waals surface area contributed by atoms with Crippen molar-refractivity contribution in [3.05, 3.63) is 41.7 Å². The van der Waals surface area contributed by atoms with Gasteiger partial charge < -0.3 is 4.90 Å². The highest BCUT2D eigenvalue weighted by Crippen LogP contribution is 2.39. The zero-order valence-corrected chi connectivity index (χ0v) is 16.0. The fourth-order valence-corrected chi connectivity index (χ4v) is 4.43. The molecule has 1 saturated heterocycles. The van der Waals surface area contributed by atoms with Crippen LogP contribution in [0, 0.1) is 6.92 Å². The van der Waals surface area contributed by atoms with Gasteiger partial charge in [-0.15, -0.1) is 5.10 Å². The number of carbonyl (C=O) groups is 1. The van der Waals surface area contributed by atoms with Gasteiger partial charge in [0.15, 0.2) is 0 Å². The molecule has 144 valence electrons. The summed E-state index contributed by atoms with van der Waals surface area (Å²) in [5.41, 5.74) is 1.88. The Kier molecular flexibility index (Phi) is 4.73. The van der Waals surface area contributed by atoms with Crippen LogP contribution in [0.5, 0.6) is 0 Å². The average molecular weight is 389 g/mol. The van der Waals surface area contributed by atoms with Gasteiger partial charge >= 0.3 is 0 Å². The minimum atomic E-state index is -3.70. The van der Waals surface area contributed by atoms with Crippen LogP contribution < -0.4 is 4.72 Å². The molecule has 27 heavy (non-hydrogen) atoms. The monoisotopic (exact) mass is 389 g/mol. The molecular weight excluding hydrogens is 366 g/mol. The van der Waals surface area contributed by atoms with Gasteiger partial charge in [-0.05, 0) is 43.9 Å². The second-order valence-corrected chi connectivity index (χ2v) is 9.09. The lowest BCUT2D eigenvalue weighted by Gasteiger charge is -2.17. The number of hydrogen-bond donors (Lipinski definition) is 1. The minimum absolute atomic E-state index is 0.0994. The fraction of sp³-hybridized carbons (Fsp3) is 0.500. The zero-order valence-electron chi connectivity index (χ0n) is 15.2. The molecule has 1 unspecified atom stereocenters. The van der Waals surface area contributed by atoms with E-state index in [9.17, 15) is 13.2 Å². The Bertz CT molecular complexity index is 951. The van der Waals surface area contributed by atoms with Crippen LogP contribution in [0.15, 0.2) is 35.4 Å². The Morgan fingerprint density at radius 3 is 2.85 bits per heavy atom. The molecule has 1 aliphatic heterocycles. The van der Waals surface area contributed by atoms with Gasteiger partial charge in [0.2, 0.25) is 15.9 Å². The summed E-state index contributed by atoms with van der Waals surface area (Å²) in [6.07, 6.45) is 5.13. The van der Waals surface area contributed by atoms with Crippen LogP contribution in [-0.2, 0) is 14.8 Å². The Hall–Kier alpha value is -2.26. The third kappa shape index (κ3) is 4.03. The normalized spacial score (nSPS) is 20.2. The Labute approximate surface area is 158 Å². The number of sulfonamides is 1. The second kappa shape index (κ2) is 7.05. The number of aromatic nitrogens is 3. The topological polar surface area (TPSA) is 97.2 Å². The maximum Gasteiger partial charge on any atom is 0.241 e. The van der Waals surface area contributed by atoms with Gasteiger partial charge in [-0.25, -0.2) is 17.8 Å². The Morgan fingerprint density at radius 2 is 2.11 bits per heavy atom. The summed E-state index contributed by atoms with van der Waals surface area (Å²) in [5, 5.41) is 8.42. The summed E-state index contributed by atoms with van der Waals surface area (Å²) in [7, 11) is -3.70. The van der Waals surface area contributed by atoms with Gasteiger partial charge in [-0.1, -0.05) is 17.3 Å². The van der Waals surface area contributed by atoms with E-state index in [0.717, 1.165) is 17.7 Å². The molecule has 0 spiro atoms. The van der Waals surface area contributed by atoms with Crippen molar-refractivity contribution in [3.8, 4) is 0 Å². The van der Waals surface area contributed by atoms with E-state index in [1.54, 1.807) is 17.0 Å². The molecule has 1 aromatic heterocycles. The van der Waals surface area contributed by atoms with Crippen molar-refractivity contribution in [1.29, 1.82) is 0 Å². The maximum absolute atomic E-state index is 12.4. The first-order chi connectivity index (χ1) is 12.9. The highest BCUT2D eigenvalue weighted by atomic mass is 32.2. The van der Waals surface area contributed by atoms with Crippen molar-refractivity contribution in [1.82, 2.24) is 24.6 Å². The van der Waals surface area contributed by atoms with E-state index in [1.807, 2.05) is 23.9 Å². The molecule has 4 rings (SSSR count). The molecule has 1 amide bonds. The third-order valence-corrected chi connectivity index (χ3v) is 6.53. The lowest BCUT2D eigenvalue weighted by molar-refractivity contribution is -0.129. The summed E-state index contributed by atoms with van der Waals surface area (Å²) in [6.45, 7) is 2.70. The molecule has 8 nitrogen and oxygen atoms in total. The first-order valence-corrected chi connectivity index (χ1v) is 10.7. The molecule has 2 aromatic rings. The van der Waals surface area contributed by atoms with Gasteiger partial charge in [-0.2, -0.15) is 0 Å². The quantitative estimate of drug-likeness (QED) is 0.801.